The van der Waals surface area contributed by atoms with Gasteiger partial charge in [-0.1, -0.05) is 6.42 Å². The van der Waals surface area contributed by atoms with Gasteiger partial charge in [-0.05, 0) is 25.3 Å². The van der Waals surface area contributed by atoms with Gasteiger partial charge in [-0.15, -0.1) is 0 Å². The van der Waals surface area contributed by atoms with Crippen LogP contribution in [0.5, 0.6) is 0 Å². The molecule has 1 aliphatic heterocycles. The molecule has 1 aromatic heterocycles. The van der Waals surface area contributed by atoms with Crippen LogP contribution in [0.2, 0.25) is 0 Å². The van der Waals surface area contributed by atoms with E-state index in [1.165, 1.54) is 6.42 Å². The molecule has 2 aliphatic carbocycles. The van der Waals surface area contributed by atoms with Crippen LogP contribution in [0.25, 0.3) is 0 Å². The van der Waals surface area contributed by atoms with E-state index in [0.717, 1.165) is 25.9 Å². The highest BCUT2D eigenvalue weighted by molar-refractivity contribution is 5.88. The van der Waals surface area contributed by atoms with Gasteiger partial charge in [-0.25, -0.2) is 4.79 Å². The Morgan fingerprint density at radius 1 is 1.57 bits per heavy atom. The maximum absolute atomic E-state index is 12.4. The smallest absolute Gasteiger partial charge is 0.355 e. The number of aromatic nitrogens is 1. The maximum atomic E-state index is 12.4. The van der Waals surface area contributed by atoms with Gasteiger partial charge in [0.25, 0.3) is 0 Å². The summed E-state index contributed by atoms with van der Waals surface area (Å²) in [6.45, 7) is 0.786. The molecule has 1 spiro atoms. The van der Waals surface area contributed by atoms with Gasteiger partial charge in [0.1, 0.15) is 17.9 Å². The van der Waals surface area contributed by atoms with Crippen molar-refractivity contribution < 1.29 is 14.3 Å². The average Bonchev–Trinajstić information content (AvgIpc) is 2.99. The number of nitrogens with zero attached hydrogens (tertiary/aromatic N) is 2. The zero-order valence-electron chi connectivity index (χ0n) is 12.0. The second kappa shape index (κ2) is 4.35. The number of hydrogen-bond donors (Lipinski definition) is 0. The van der Waals surface area contributed by atoms with Crippen molar-refractivity contribution in [3.8, 4) is 6.07 Å². The Morgan fingerprint density at radius 3 is 3.00 bits per heavy atom. The molecule has 3 aliphatic rings. The number of fused-ring (bicyclic) bond motifs is 2. The predicted molar refractivity (Wildman–Crippen MR) is 73.5 cm³/mol. The SMILES string of the molecule is Cn1cc(C#N)cc1C(=O)O[C@@H]1[C@@H]2CCO[C@@H]2C12CCC2. The van der Waals surface area contributed by atoms with Crippen molar-refractivity contribution in [1.82, 2.24) is 4.57 Å². The van der Waals surface area contributed by atoms with Crippen LogP contribution in [0.3, 0.4) is 0 Å². The first-order valence-electron chi connectivity index (χ1n) is 7.55. The second-order valence-corrected chi connectivity index (χ2v) is 6.49. The summed E-state index contributed by atoms with van der Waals surface area (Å²) in [4.78, 5) is 12.4. The molecule has 21 heavy (non-hydrogen) atoms. The highest BCUT2D eigenvalue weighted by Gasteiger charge is 2.68. The number of carbonyl (C=O) groups is 1. The summed E-state index contributed by atoms with van der Waals surface area (Å²) in [5, 5.41) is 8.92. The van der Waals surface area contributed by atoms with Crippen LogP contribution >= 0.6 is 0 Å². The third-order valence-corrected chi connectivity index (χ3v) is 5.52. The van der Waals surface area contributed by atoms with Crippen molar-refractivity contribution in [2.75, 3.05) is 6.61 Å². The van der Waals surface area contributed by atoms with Crippen LogP contribution in [0.15, 0.2) is 12.3 Å². The van der Waals surface area contributed by atoms with E-state index in [4.69, 9.17) is 14.7 Å². The molecular formula is C16H18N2O3. The van der Waals surface area contributed by atoms with Gasteiger partial charge >= 0.3 is 5.97 Å². The molecule has 5 nitrogen and oxygen atoms in total. The number of nitriles is 1. The molecule has 0 amide bonds. The van der Waals surface area contributed by atoms with Crippen molar-refractivity contribution in [2.24, 2.45) is 18.4 Å². The Balaban J connectivity index is 1.54. The molecule has 0 unspecified atom stereocenters. The van der Waals surface area contributed by atoms with Gasteiger partial charge in [-0.2, -0.15) is 5.26 Å². The molecule has 0 radical (unpaired) electrons. The number of ether oxygens (including phenoxy) is 2. The normalized spacial score (nSPS) is 31.9. The summed E-state index contributed by atoms with van der Waals surface area (Å²) in [6.07, 6.45) is 6.33. The molecule has 4 rings (SSSR count). The minimum Gasteiger partial charge on any atom is -0.457 e. The fourth-order valence-corrected chi connectivity index (χ4v) is 4.34. The summed E-state index contributed by atoms with van der Waals surface area (Å²) in [6, 6.07) is 3.65. The van der Waals surface area contributed by atoms with Gasteiger partial charge in [-0.3, -0.25) is 0 Å². The van der Waals surface area contributed by atoms with Crippen molar-refractivity contribution in [1.29, 1.82) is 5.26 Å². The molecule has 3 fully saturated rings. The van der Waals surface area contributed by atoms with E-state index in [9.17, 15) is 4.79 Å². The summed E-state index contributed by atoms with van der Waals surface area (Å²) in [5.41, 5.74) is 1.02. The lowest BCUT2D eigenvalue weighted by atomic mass is 9.47. The van der Waals surface area contributed by atoms with E-state index in [1.807, 2.05) is 0 Å². The summed E-state index contributed by atoms with van der Waals surface area (Å²) < 4.78 is 13.3. The molecule has 2 heterocycles. The predicted octanol–water partition coefficient (Wildman–Crippen LogP) is 2.01. The quantitative estimate of drug-likeness (QED) is 0.780. The Hall–Kier alpha value is -1.80. The summed E-state index contributed by atoms with van der Waals surface area (Å²) in [7, 11) is 1.76. The van der Waals surface area contributed by atoms with E-state index in [1.54, 1.807) is 23.9 Å². The van der Waals surface area contributed by atoms with Gasteiger partial charge < -0.3 is 14.0 Å². The first-order chi connectivity index (χ1) is 10.2. The summed E-state index contributed by atoms with van der Waals surface area (Å²) in [5.74, 6) is 0.0468. The van der Waals surface area contributed by atoms with Crippen LogP contribution < -0.4 is 0 Å². The fourth-order valence-electron chi connectivity index (χ4n) is 4.34. The van der Waals surface area contributed by atoms with E-state index in [2.05, 4.69) is 6.07 Å². The van der Waals surface area contributed by atoms with Crippen molar-refractivity contribution in [2.45, 2.75) is 37.9 Å². The molecule has 2 saturated carbocycles. The van der Waals surface area contributed by atoms with Crippen LogP contribution in [-0.2, 0) is 16.5 Å². The molecule has 0 aromatic carbocycles. The number of aryl methyl sites for hydroxylation is 1. The third kappa shape index (κ3) is 1.63. The minimum atomic E-state index is -0.319. The molecule has 0 bridgehead atoms. The standard InChI is InChI=1S/C16H18N2O3/c1-18-9-10(8-17)7-12(18)15(19)21-14-11-3-6-20-13(11)16(14)4-2-5-16/h7,9,11,13-14H,2-6H2,1H3/t11-,13+,14-/m1/s1. The Kier molecular flexibility index (Phi) is 2.67. The van der Waals surface area contributed by atoms with Crippen molar-refractivity contribution >= 4 is 5.97 Å². The molecule has 3 atom stereocenters. The summed E-state index contributed by atoms with van der Waals surface area (Å²) >= 11 is 0. The molecule has 1 aromatic rings. The number of carbonyl (C=O) groups excluding carboxylic acids is 1. The van der Waals surface area contributed by atoms with E-state index in [-0.39, 0.29) is 17.5 Å². The minimum absolute atomic E-state index is 0.00770. The molecule has 0 N–H and O–H groups in total. The van der Waals surface area contributed by atoms with E-state index < -0.39 is 0 Å². The molecule has 1 saturated heterocycles. The first-order valence-corrected chi connectivity index (χ1v) is 7.55. The van der Waals surface area contributed by atoms with Crippen LogP contribution in [0.4, 0.5) is 0 Å². The van der Waals surface area contributed by atoms with Crippen molar-refractivity contribution in [3.63, 3.8) is 0 Å². The van der Waals surface area contributed by atoms with Gasteiger partial charge in [0.15, 0.2) is 0 Å². The van der Waals surface area contributed by atoms with Crippen molar-refractivity contribution in [3.05, 3.63) is 23.5 Å². The topological polar surface area (TPSA) is 64.2 Å². The van der Waals surface area contributed by atoms with Gasteiger partial charge in [0.05, 0.1) is 11.7 Å². The van der Waals surface area contributed by atoms with Crippen LogP contribution in [0.1, 0.15) is 41.7 Å². The molecule has 5 heteroatoms. The molecular weight excluding hydrogens is 268 g/mol. The highest BCUT2D eigenvalue weighted by atomic mass is 16.6. The molecule has 110 valence electrons. The Bertz CT molecular complexity index is 638. The number of hydrogen-bond acceptors (Lipinski definition) is 4. The maximum Gasteiger partial charge on any atom is 0.355 e. The fraction of sp³-hybridized carbons (Fsp3) is 0.625. The lowest BCUT2D eigenvalue weighted by molar-refractivity contribution is -0.234. The Labute approximate surface area is 123 Å². The lowest BCUT2D eigenvalue weighted by Crippen LogP contribution is -2.67. The Morgan fingerprint density at radius 2 is 2.38 bits per heavy atom. The van der Waals surface area contributed by atoms with Crippen LogP contribution in [0, 0.1) is 22.7 Å². The third-order valence-electron chi connectivity index (χ3n) is 5.52. The van der Waals surface area contributed by atoms with Gasteiger partial charge in [0, 0.05) is 31.2 Å². The van der Waals surface area contributed by atoms with E-state index >= 15 is 0 Å². The highest BCUT2D eigenvalue weighted by Crippen LogP contribution is 2.64. The average molecular weight is 286 g/mol. The zero-order chi connectivity index (χ0) is 14.6. The second-order valence-electron chi connectivity index (χ2n) is 6.49. The number of esters is 1. The van der Waals surface area contributed by atoms with E-state index in [0.29, 0.717) is 23.3 Å². The van der Waals surface area contributed by atoms with Gasteiger partial charge in [0.2, 0.25) is 0 Å². The van der Waals surface area contributed by atoms with Crippen LogP contribution in [-0.4, -0.2) is 29.4 Å². The lowest BCUT2D eigenvalue weighted by Gasteiger charge is -2.61. The zero-order valence-corrected chi connectivity index (χ0v) is 12.0. The monoisotopic (exact) mass is 286 g/mol. The first kappa shape index (κ1) is 12.9. The largest absolute Gasteiger partial charge is 0.457 e. The number of rotatable bonds is 2.